The fourth-order valence-corrected chi connectivity index (χ4v) is 4.23. The van der Waals surface area contributed by atoms with E-state index < -0.39 is 0 Å². The Hall–Kier alpha value is -2.35. The third-order valence-electron chi connectivity index (χ3n) is 5.21. The normalized spacial score (nSPS) is 31.6. The van der Waals surface area contributed by atoms with E-state index in [1.807, 2.05) is 6.07 Å². The van der Waals surface area contributed by atoms with Crippen LogP contribution in [0.15, 0.2) is 54.6 Å². The molecule has 2 aliphatic carbocycles. The zero-order valence-corrected chi connectivity index (χ0v) is 11.5. The highest BCUT2D eigenvalue weighted by molar-refractivity contribution is 6.00. The summed E-state index contributed by atoms with van der Waals surface area (Å²) in [5.74, 6) is -0.0660. The lowest BCUT2D eigenvalue weighted by molar-refractivity contribution is -0.175. The van der Waals surface area contributed by atoms with Gasteiger partial charge in [0.05, 0.1) is 11.8 Å². The van der Waals surface area contributed by atoms with Gasteiger partial charge in [-0.2, -0.15) is 0 Å². The highest BCUT2D eigenvalue weighted by Gasteiger charge is 2.79. The van der Waals surface area contributed by atoms with Gasteiger partial charge in [-0.15, -0.1) is 0 Å². The molecular formula is C19H14O2. The molecule has 0 aromatic heterocycles. The van der Waals surface area contributed by atoms with Crippen molar-refractivity contribution >= 4 is 17.6 Å². The largest absolute Gasteiger partial charge is 0.457 e. The maximum absolute atomic E-state index is 11.4. The van der Waals surface area contributed by atoms with Crippen molar-refractivity contribution in [3.63, 3.8) is 0 Å². The number of hydrogen-bond donors (Lipinski definition) is 0. The zero-order chi connectivity index (χ0) is 14.1. The van der Waals surface area contributed by atoms with Gasteiger partial charge in [0.15, 0.2) is 0 Å². The second kappa shape index (κ2) is 3.45. The van der Waals surface area contributed by atoms with E-state index in [9.17, 15) is 4.79 Å². The summed E-state index contributed by atoms with van der Waals surface area (Å²) in [6.07, 6.45) is 3.74. The summed E-state index contributed by atoms with van der Waals surface area (Å²) in [6.45, 7) is 0. The standard InChI is InChI=1S/C19H14O2/c20-17-11-18(21-17)12-19(18)15-9-5-4-8-14(15)10-16(19)13-6-2-1-3-7-13/h1-10H,11-12H2/t18-,19?/m0/s1. The molecule has 2 atom stereocenters. The van der Waals surface area contributed by atoms with E-state index >= 15 is 0 Å². The van der Waals surface area contributed by atoms with Crippen LogP contribution in [0.3, 0.4) is 0 Å². The Labute approximate surface area is 123 Å². The van der Waals surface area contributed by atoms with Crippen molar-refractivity contribution in [1.29, 1.82) is 0 Å². The molecule has 0 N–H and O–H groups in total. The minimum atomic E-state index is -0.279. The Morgan fingerprint density at radius 2 is 1.67 bits per heavy atom. The van der Waals surface area contributed by atoms with E-state index in [0.717, 1.165) is 6.42 Å². The SMILES string of the molecule is O=C1C[C@@]2(CC23C(c2ccccc2)=Cc2ccccc23)O1. The molecule has 2 aromatic carbocycles. The molecule has 1 heterocycles. The van der Waals surface area contributed by atoms with Crippen LogP contribution in [0.4, 0.5) is 0 Å². The Morgan fingerprint density at radius 1 is 0.952 bits per heavy atom. The zero-order valence-electron chi connectivity index (χ0n) is 11.5. The third-order valence-corrected chi connectivity index (χ3v) is 5.21. The summed E-state index contributed by atoms with van der Waals surface area (Å²) in [7, 11) is 0. The fraction of sp³-hybridized carbons (Fsp3) is 0.211. The number of fused-ring (bicyclic) bond motifs is 3. The van der Waals surface area contributed by atoms with E-state index in [-0.39, 0.29) is 17.0 Å². The number of carbonyl (C=O) groups excluding carboxylic acids is 1. The maximum Gasteiger partial charge on any atom is 0.310 e. The molecular weight excluding hydrogens is 260 g/mol. The lowest BCUT2D eigenvalue weighted by Gasteiger charge is -2.32. The van der Waals surface area contributed by atoms with Gasteiger partial charge < -0.3 is 4.74 Å². The second-order valence-electron chi connectivity index (χ2n) is 6.24. The van der Waals surface area contributed by atoms with Crippen LogP contribution >= 0.6 is 0 Å². The number of carbonyl (C=O) groups is 1. The first-order valence-electron chi connectivity index (χ1n) is 7.34. The molecule has 2 aromatic rings. The van der Waals surface area contributed by atoms with Crippen LogP contribution in [0.5, 0.6) is 0 Å². The minimum Gasteiger partial charge on any atom is -0.457 e. The summed E-state index contributed by atoms with van der Waals surface area (Å²) >= 11 is 0. The number of hydrogen-bond acceptors (Lipinski definition) is 2. The van der Waals surface area contributed by atoms with Gasteiger partial charge in [-0.25, -0.2) is 0 Å². The Kier molecular flexibility index (Phi) is 1.86. The van der Waals surface area contributed by atoms with E-state index in [4.69, 9.17) is 4.74 Å². The van der Waals surface area contributed by atoms with Crippen molar-refractivity contribution in [2.24, 2.45) is 0 Å². The molecule has 1 saturated heterocycles. The maximum atomic E-state index is 11.4. The predicted octanol–water partition coefficient (Wildman–Crippen LogP) is 3.57. The second-order valence-corrected chi connectivity index (χ2v) is 6.24. The van der Waals surface area contributed by atoms with Crippen molar-refractivity contribution in [3.8, 4) is 0 Å². The molecule has 0 bridgehead atoms. The van der Waals surface area contributed by atoms with Gasteiger partial charge in [-0.05, 0) is 28.3 Å². The molecule has 2 nitrogen and oxygen atoms in total. The first kappa shape index (κ1) is 11.3. The number of ether oxygens (including phenoxy) is 1. The molecule has 0 radical (unpaired) electrons. The molecule has 2 spiro atoms. The van der Waals surface area contributed by atoms with E-state index in [2.05, 4.69) is 54.6 Å². The molecule has 21 heavy (non-hydrogen) atoms. The summed E-state index contributed by atoms with van der Waals surface area (Å²) in [6, 6.07) is 18.9. The summed E-state index contributed by atoms with van der Waals surface area (Å²) in [5.41, 5.74) is 4.72. The van der Waals surface area contributed by atoms with Crippen molar-refractivity contribution < 1.29 is 9.53 Å². The quantitative estimate of drug-likeness (QED) is 0.743. The van der Waals surface area contributed by atoms with Gasteiger partial charge in [-0.3, -0.25) is 4.79 Å². The molecule has 5 rings (SSSR count). The van der Waals surface area contributed by atoms with E-state index in [1.54, 1.807) is 0 Å². The van der Waals surface area contributed by atoms with Crippen LogP contribution < -0.4 is 0 Å². The highest BCUT2D eigenvalue weighted by Crippen LogP contribution is 2.73. The van der Waals surface area contributed by atoms with E-state index in [1.165, 1.54) is 22.3 Å². The predicted molar refractivity (Wildman–Crippen MR) is 80.5 cm³/mol. The van der Waals surface area contributed by atoms with Crippen LogP contribution in [-0.2, 0) is 14.9 Å². The third kappa shape index (κ3) is 1.21. The van der Waals surface area contributed by atoms with Gasteiger partial charge in [0, 0.05) is 6.42 Å². The van der Waals surface area contributed by atoms with Crippen molar-refractivity contribution in [3.05, 3.63) is 71.3 Å². The fourth-order valence-electron chi connectivity index (χ4n) is 4.23. The first-order chi connectivity index (χ1) is 10.3. The van der Waals surface area contributed by atoms with Gasteiger partial charge in [0.2, 0.25) is 0 Å². The van der Waals surface area contributed by atoms with Crippen LogP contribution in [0.25, 0.3) is 11.6 Å². The van der Waals surface area contributed by atoms with Crippen molar-refractivity contribution in [2.45, 2.75) is 23.9 Å². The molecule has 0 amide bonds. The number of esters is 1. The highest BCUT2D eigenvalue weighted by atomic mass is 16.6. The monoisotopic (exact) mass is 274 g/mol. The first-order valence-corrected chi connectivity index (χ1v) is 7.34. The summed E-state index contributed by atoms with van der Waals surface area (Å²) < 4.78 is 5.60. The molecule has 3 aliphatic rings. The van der Waals surface area contributed by atoms with Crippen molar-refractivity contribution in [1.82, 2.24) is 0 Å². The smallest absolute Gasteiger partial charge is 0.310 e. The van der Waals surface area contributed by atoms with Crippen molar-refractivity contribution in [2.75, 3.05) is 0 Å². The Balaban J connectivity index is 1.71. The molecule has 1 saturated carbocycles. The van der Waals surface area contributed by atoms with Gasteiger partial charge in [0.25, 0.3) is 0 Å². The number of rotatable bonds is 1. The van der Waals surface area contributed by atoms with E-state index in [0.29, 0.717) is 6.42 Å². The molecule has 1 unspecified atom stereocenters. The molecule has 2 heteroatoms. The molecule has 102 valence electrons. The van der Waals surface area contributed by atoms with Gasteiger partial charge in [0.1, 0.15) is 5.60 Å². The van der Waals surface area contributed by atoms with Gasteiger partial charge >= 0.3 is 5.97 Å². The van der Waals surface area contributed by atoms with Crippen LogP contribution in [-0.4, -0.2) is 11.6 Å². The lowest BCUT2D eigenvalue weighted by atomic mass is 9.82. The molecule has 2 fully saturated rings. The van der Waals surface area contributed by atoms with Crippen LogP contribution in [0.2, 0.25) is 0 Å². The Morgan fingerprint density at radius 3 is 2.43 bits per heavy atom. The van der Waals surface area contributed by atoms with Crippen LogP contribution in [0.1, 0.15) is 29.5 Å². The molecule has 1 aliphatic heterocycles. The number of benzene rings is 2. The van der Waals surface area contributed by atoms with Gasteiger partial charge in [-0.1, -0.05) is 54.6 Å². The van der Waals surface area contributed by atoms with Crippen LogP contribution in [0, 0.1) is 0 Å². The summed E-state index contributed by atoms with van der Waals surface area (Å²) in [5, 5.41) is 0. The Bertz CT molecular complexity index is 795. The lowest BCUT2D eigenvalue weighted by Crippen LogP contribution is -2.41. The minimum absolute atomic E-state index is 0.0660. The topological polar surface area (TPSA) is 26.3 Å². The summed E-state index contributed by atoms with van der Waals surface area (Å²) in [4.78, 5) is 11.4. The average molecular weight is 274 g/mol. The average Bonchev–Trinajstić information content (AvgIpc) is 3.04.